The van der Waals surface area contributed by atoms with Crippen LogP contribution in [-0.4, -0.2) is 8.42 Å². The maximum Gasteiger partial charge on any atom is 0.262 e. The molecule has 0 aliphatic heterocycles. The van der Waals surface area contributed by atoms with Crippen molar-refractivity contribution in [2.45, 2.75) is 18.4 Å². The van der Waals surface area contributed by atoms with Crippen molar-refractivity contribution in [1.82, 2.24) is 0 Å². The van der Waals surface area contributed by atoms with Crippen LogP contribution in [0.1, 0.15) is 11.1 Å². The predicted molar refractivity (Wildman–Crippen MR) is 76.3 cm³/mol. The molecule has 2 rings (SSSR count). The predicted octanol–water partition coefficient (Wildman–Crippen LogP) is 2.39. The summed E-state index contributed by atoms with van der Waals surface area (Å²) < 4.78 is 40.3. The van der Waals surface area contributed by atoms with Crippen molar-refractivity contribution in [2.75, 3.05) is 4.72 Å². The van der Waals surface area contributed by atoms with E-state index in [9.17, 15) is 12.8 Å². The van der Waals surface area contributed by atoms with Crippen LogP contribution in [0.5, 0.6) is 0 Å². The molecule has 0 radical (unpaired) electrons. The summed E-state index contributed by atoms with van der Waals surface area (Å²) in [6.07, 6.45) is 0. The van der Waals surface area contributed by atoms with Gasteiger partial charge in [0.2, 0.25) is 0 Å². The average molecular weight is 294 g/mol. The van der Waals surface area contributed by atoms with Gasteiger partial charge in [-0.25, -0.2) is 12.8 Å². The maximum absolute atomic E-state index is 13.3. The van der Waals surface area contributed by atoms with Crippen LogP contribution in [0.2, 0.25) is 0 Å². The molecule has 2 aromatic carbocycles. The molecule has 2 aromatic rings. The second-order valence-corrected chi connectivity index (χ2v) is 6.08. The zero-order chi connectivity index (χ0) is 14.8. The van der Waals surface area contributed by atoms with Gasteiger partial charge < -0.3 is 5.73 Å². The Bertz CT molecular complexity index is 730. The Morgan fingerprint density at radius 3 is 2.60 bits per heavy atom. The van der Waals surface area contributed by atoms with Crippen molar-refractivity contribution in [1.29, 1.82) is 0 Å². The normalized spacial score (nSPS) is 11.3. The van der Waals surface area contributed by atoms with Gasteiger partial charge in [-0.2, -0.15) is 0 Å². The highest BCUT2D eigenvalue weighted by Gasteiger charge is 2.19. The largest absolute Gasteiger partial charge is 0.326 e. The van der Waals surface area contributed by atoms with Gasteiger partial charge in [-0.15, -0.1) is 0 Å². The number of rotatable bonds is 4. The van der Waals surface area contributed by atoms with Gasteiger partial charge in [0.1, 0.15) is 5.82 Å². The maximum atomic E-state index is 13.3. The van der Waals surface area contributed by atoms with Crippen molar-refractivity contribution in [3.8, 4) is 0 Å². The van der Waals surface area contributed by atoms with E-state index in [0.29, 0.717) is 11.3 Å². The second-order valence-electron chi connectivity index (χ2n) is 4.43. The Kier molecular flexibility index (Phi) is 4.06. The Hall–Kier alpha value is -1.92. The quantitative estimate of drug-likeness (QED) is 0.909. The summed E-state index contributed by atoms with van der Waals surface area (Å²) in [5.74, 6) is -0.619. The molecule has 20 heavy (non-hydrogen) atoms. The summed E-state index contributed by atoms with van der Waals surface area (Å²) in [4.78, 5) is -0.137. The van der Waals surface area contributed by atoms with Gasteiger partial charge in [-0.3, -0.25) is 4.72 Å². The molecular formula is C14H15FN2O2S. The minimum absolute atomic E-state index is 0.0182. The van der Waals surface area contributed by atoms with E-state index in [0.717, 1.165) is 11.6 Å². The van der Waals surface area contributed by atoms with E-state index in [2.05, 4.69) is 4.72 Å². The first-order valence-electron chi connectivity index (χ1n) is 6.00. The lowest BCUT2D eigenvalue weighted by molar-refractivity contribution is 0.593. The molecule has 3 N–H and O–H groups in total. The third-order valence-electron chi connectivity index (χ3n) is 2.81. The molecule has 0 heterocycles. The third-order valence-corrected chi connectivity index (χ3v) is 4.27. The summed E-state index contributed by atoms with van der Waals surface area (Å²) in [6, 6.07) is 10.5. The first-order chi connectivity index (χ1) is 9.42. The molecule has 0 aliphatic rings. The molecular weight excluding hydrogens is 279 g/mol. The van der Waals surface area contributed by atoms with Gasteiger partial charge in [0, 0.05) is 12.2 Å². The van der Waals surface area contributed by atoms with Crippen LogP contribution in [0.3, 0.4) is 0 Å². The van der Waals surface area contributed by atoms with E-state index in [1.165, 1.54) is 12.1 Å². The number of sulfonamides is 1. The smallest absolute Gasteiger partial charge is 0.262 e. The van der Waals surface area contributed by atoms with E-state index < -0.39 is 15.8 Å². The fourth-order valence-corrected chi connectivity index (χ4v) is 3.18. The summed E-state index contributed by atoms with van der Waals surface area (Å²) in [5.41, 5.74) is 7.22. The Morgan fingerprint density at radius 2 is 1.95 bits per heavy atom. The Balaban J connectivity index is 2.43. The molecule has 0 atom stereocenters. The lowest BCUT2D eigenvalue weighted by atomic mass is 10.2. The molecule has 0 spiro atoms. The summed E-state index contributed by atoms with van der Waals surface area (Å²) in [7, 11) is -3.87. The first-order valence-corrected chi connectivity index (χ1v) is 7.48. The van der Waals surface area contributed by atoms with Crippen LogP contribution in [0, 0.1) is 12.7 Å². The summed E-state index contributed by atoms with van der Waals surface area (Å²) in [5, 5.41) is 0. The van der Waals surface area contributed by atoms with Crippen LogP contribution in [-0.2, 0) is 16.6 Å². The van der Waals surface area contributed by atoms with Gasteiger partial charge in [0.15, 0.2) is 0 Å². The average Bonchev–Trinajstić information content (AvgIpc) is 2.38. The second kappa shape index (κ2) is 5.60. The molecule has 0 fully saturated rings. The molecule has 0 amide bonds. The molecule has 0 unspecified atom stereocenters. The molecule has 0 aromatic heterocycles. The van der Waals surface area contributed by atoms with E-state index in [1.54, 1.807) is 18.2 Å². The van der Waals surface area contributed by atoms with Crippen LogP contribution < -0.4 is 10.5 Å². The van der Waals surface area contributed by atoms with Gasteiger partial charge in [0.05, 0.1) is 4.90 Å². The minimum Gasteiger partial charge on any atom is -0.326 e. The van der Waals surface area contributed by atoms with Crippen LogP contribution >= 0.6 is 0 Å². The van der Waals surface area contributed by atoms with Crippen molar-refractivity contribution in [3.63, 3.8) is 0 Å². The summed E-state index contributed by atoms with van der Waals surface area (Å²) in [6.45, 7) is 1.87. The van der Waals surface area contributed by atoms with E-state index >= 15 is 0 Å². The SMILES string of the molecule is Cc1cccc(NS(=O)(=O)c2cc(F)ccc2CN)c1. The molecule has 106 valence electrons. The van der Waals surface area contributed by atoms with Crippen LogP contribution in [0.25, 0.3) is 0 Å². The first kappa shape index (κ1) is 14.5. The Labute approximate surface area is 117 Å². The number of halogens is 1. The fourth-order valence-electron chi connectivity index (χ4n) is 1.87. The van der Waals surface area contributed by atoms with Crippen molar-refractivity contribution in [2.24, 2.45) is 5.73 Å². The molecule has 0 bridgehead atoms. The molecule has 6 heteroatoms. The zero-order valence-corrected chi connectivity index (χ0v) is 11.7. The highest BCUT2D eigenvalue weighted by molar-refractivity contribution is 7.92. The topological polar surface area (TPSA) is 72.2 Å². The lowest BCUT2D eigenvalue weighted by Crippen LogP contribution is -2.16. The van der Waals surface area contributed by atoms with Gasteiger partial charge in [-0.1, -0.05) is 18.2 Å². The lowest BCUT2D eigenvalue weighted by Gasteiger charge is -2.12. The summed E-state index contributed by atoms with van der Waals surface area (Å²) >= 11 is 0. The van der Waals surface area contributed by atoms with E-state index in [1.807, 2.05) is 13.0 Å². The van der Waals surface area contributed by atoms with Crippen LogP contribution in [0.4, 0.5) is 10.1 Å². The number of nitrogens with two attached hydrogens (primary N) is 1. The number of anilines is 1. The Morgan fingerprint density at radius 1 is 1.20 bits per heavy atom. The number of aryl methyl sites for hydroxylation is 1. The van der Waals surface area contributed by atoms with E-state index in [4.69, 9.17) is 5.73 Å². The monoisotopic (exact) mass is 294 g/mol. The highest BCUT2D eigenvalue weighted by atomic mass is 32.2. The van der Waals surface area contributed by atoms with E-state index in [-0.39, 0.29) is 11.4 Å². The van der Waals surface area contributed by atoms with Crippen molar-refractivity contribution >= 4 is 15.7 Å². The number of benzene rings is 2. The standard InChI is InChI=1S/C14H15FN2O2S/c1-10-3-2-4-13(7-10)17-20(18,19)14-8-12(15)6-5-11(14)9-16/h2-8,17H,9,16H2,1H3. The number of hydrogen-bond acceptors (Lipinski definition) is 3. The minimum atomic E-state index is -3.87. The number of nitrogens with one attached hydrogen (secondary N) is 1. The highest BCUT2D eigenvalue weighted by Crippen LogP contribution is 2.21. The van der Waals surface area contributed by atoms with Crippen molar-refractivity contribution in [3.05, 3.63) is 59.4 Å². The molecule has 0 saturated carbocycles. The van der Waals surface area contributed by atoms with Gasteiger partial charge >= 0.3 is 0 Å². The van der Waals surface area contributed by atoms with Gasteiger partial charge in [-0.05, 0) is 42.3 Å². The zero-order valence-electron chi connectivity index (χ0n) is 10.9. The van der Waals surface area contributed by atoms with Gasteiger partial charge in [0.25, 0.3) is 10.0 Å². The van der Waals surface area contributed by atoms with Crippen LogP contribution in [0.15, 0.2) is 47.4 Å². The molecule has 0 saturated heterocycles. The van der Waals surface area contributed by atoms with Crippen molar-refractivity contribution < 1.29 is 12.8 Å². The fraction of sp³-hybridized carbons (Fsp3) is 0.143. The molecule has 4 nitrogen and oxygen atoms in total. The number of hydrogen-bond donors (Lipinski definition) is 2. The third kappa shape index (κ3) is 3.15. The molecule has 0 aliphatic carbocycles.